The lowest BCUT2D eigenvalue weighted by Gasteiger charge is -2.22. The molecule has 0 unspecified atom stereocenters. The molecule has 1 aliphatic carbocycles. The zero-order valence-electron chi connectivity index (χ0n) is 13.0. The molecular formula is C18H22N4. The molecule has 1 aliphatic rings. The molecule has 2 aromatic heterocycles. The lowest BCUT2D eigenvalue weighted by Crippen LogP contribution is -2.18. The number of aryl methyl sites for hydroxylation is 1. The summed E-state index contributed by atoms with van der Waals surface area (Å²) in [6.07, 6.45) is 6.85. The molecule has 1 aromatic carbocycles. The number of aromatic nitrogens is 3. The molecule has 0 aliphatic heterocycles. The summed E-state index contributed by atoms with van der Waals surface area (Å²) < 4.78 is 1.94. The molecule has 0 radical (unpaired) electrons. The zero-order valence-corrected chi connectivity index (χ0v) is 13.0. The molecule has 1 N–H and O–H groups in total. The molecule has 4 nitrogen and oxygen atoms in total. The van der Waals surface area contributed by atoms with Crippen LogP contribution >= 0.6 is 0 Å². The Morgan fingerprint density at radius 1 is 1.18 bits per heavy atom. The SMILES string of the molecule is Cc1cc2nc(NCC3CCCCC3)c3ccccc3n2n1. The highest BCUT2D eigenvalue weighted by molar-refractivity contribution is 5.91. The van der Waals surface area contributed by atoms with Crippen molar-refractivity contribution in [1.29, 1.82) is 0 Å². The van der Waals surface area contributed by atoms with Gasteiger partial charge in [0, 0.05) is 18.0 Å². The molecule has 0 saturated heterocycles. The van der Waals surface area contributed by atoms with Gasteiger partial charge in [-0.3, -0.25) is 0 Å². The van der Waals surface area contributed by atoms with Crippen LogP contribution in [0.25, 0.3) is 16.6 Å². The second-order valence-corrected chi connectivity index (χ2v) is 6.42. The molecule has 2 heterocycles. The average molecular weight is 294 g/mol. The third-order valence-corrected chi connectivity index (χ3v) is 4.71. The van der Waals surface area contributed by atoms with Gasteiger partial charge in [-0.2, -0.15) is 5.10 Å². The van der Waals surface area contributed by atoms with Crippen LogP contribution in [0.3, 0.4) is 0 Å². The van der Waals surface area contributed by atoms with Crippen molar-refractivity contribution in [1.82, 2.24) is 14.6 Å². The maximum Gasteiger partial charge on any atom is 0.158 e. The smallest absolute Gasteiger partial charge is 0.158 e. The molecule has 0 atom stereocenters. The number of fused-ring (bicyclic) bond motifs is 3. The highest BCUT2D eigenvalue weighted by Crippen LogP contribution is 2.26. The lowest BCUT2D eigenvalue weighted by molar-refractivity contribution is 0.373. The van der Waals surface area contributed by atoms with Gasteiger partial charge in [-0.15, -0.1) is 0 Å². The number of para-hydroxylation sites is 1. The van der Waals surface area contributed by atoms with Crippen molar-refractivity contribution in [2.75, 3.05) is 11.9 Å². The van der Waals surface area contributed by atoms with Crippen LogP contribution in [0.5, 0.6) is 0 Å². The third kappa shape index (κ3) is 2.43. The Hall–Kier alpha value is -2.10. The molecule has 4 rings (SSSR count). The van der Waals surface area contributed by atoms with Crippen molar-refractivity contribution in [2.45, 2.75) is 39.0 Å². The Bertz CT molecular complexity index is 799. The lowest BCUT2D eigenvalue weighted by atomic mass is 9.89. The van der Waals surface area contributed by atoms with E-state index in [0.717, 1.165) is 40.5 Å². The van der Waals surface area contributed by atoms with Gasteiger partial charge >= 0.3 is 0 Å². The minimum Gasteiger partial charge on any atom is -0.369 e. The van der Waals surface area contributed by atoms with Crippen molar-refractivity contribution in [3.05, 3.63) is 36.0 Å². The van der Waals surface area contributed by atoms with Gasteiger partial charge in [-0.1, -0.05) is 31.4 Å². The fraction of sp³-hybridized carbons (Fsp3) is 0.444. The van der Waals surface area contributed by atoms with E-state index in [4.69, 9.17) is 4.98 Å². The van der Waals surface area contributed by atoms with Gasteiger partial charge in [0.1, 0.15) is 5.82 Å². The molecule has 0 bridgehead atoms. The van der Waals surface area contributed by atoms with E-state index in [-0.39, 0.29) is 0 Å². The van der Waals surface area contributed by atoms with E-state index >= 15 is 0 Å². The Morgan fingerprint density at radius 3 is 2.86 bits per heavy atom. The van der Waals surface area contributed by atoms with E-state index in [2.05, 4.69) is 34.7 Å². The van der Waals surface area contributed by atoms with Crippen LogP contribution in [0.15, 0.2) is 30.3 Å². The molecule has 1 fully saturated rings. The summed E-state index contributed by atoms with van der Waals surface area (Å²) >= 11 is 0. The molecule has 1 saturated carbocycles. The van der Waals surface area contributed by atoms with Gasteiger partial charge in [0.15, 0.2) is 5.65 Å². The number of anilines is 1. The number of nitrogens with zero attached hydrogens (tertiary/aromatic N) is 3. The quantitative estimate of drug-likeness (QED) is 0.788. The predicted molar refractivity (Wildman–Crippen MR) is 90.3 cm³/mol. The summed E-state index contributed by atoms with van der Waals surface area (Å²) in [6, 6.07) is 10.4. The maximum absolute atomic E-state index is 4.80. The van der Waals surface area contributed by atoms with Gasteiger partial charge in [0.25, 0.3) is 0 Å². The standard InChI is InChI=1S/C18H22N4/c1-13-11-17-20-18(19-12-14-7-3-2-4-8-14)15-9-5-6-10-16(15)22(17)21-13/h5-6,9-11,14H,2-4,7-8,12H2,1H3,(H,19,20). The second kappa shape index (κ2) is 5.59. The summed E-state index contributed by atoms with van der Waals surface area (Å²) in [5, 5.41) is 9.31. The van der Waals surface area contributed by atoms with Crippen LogP contribution in [-0.2, 0) is 0 Å². The monoisotopic (exact) mass is 294 g/mol. The molecule has 0 amide bonds. The first-order valence-corrected chi connectivity index (χ1v) is 8.30. The first-order chi connectivity index (χ1) is 10.8. The van der Waals surface area contributed by atoms with Crippen LogP contribution in [0.2, 0.25) is 0 Å². The summed E-state index contributed by atoms with van der Waals surface area (Å²) in [6.45, 7) is 3.04. The van der Waals surface area contributed by atoms with E-state index in [1.807, 2.05) is 17.5 Å². The first kappa shape index (κ1) is 13.6. The number of hydrogen-bond donors (Lipinski definition) is 1. The van der Waals surface area contributed by atoms with E-state index < -0.39 is 0 Å². The van der Waals surface area contributed by atoms with E-state index in [0.29, 0.717) is 0 Å². The normalized spacial score (nSPS) is 16.4. The van der Waals surface area contributed by atoms with Crippen LogP contribution in [0, 0.1) is 12.8 Å². The minimum atomic E-state index is 0.789. The molecule has 114 valence electrons. The number of rotatable bonds is 3. The fourth-order valence-electron chi connectivity index (χ4n) is 3.54. The van der Waals surface area contributed by atoms with Crippen LogP contribution < -0.4 is 5.32 Å². The van der Waals surface area contributed by atoms with Crippen molar-refractivity contribution in [3.8, 4) is 0 Å². The minimum absolute atomic E-state index is 0.789. The molecule has 22 heavy (non-hydrogen) atoms. The summed E-state index contributed by atoms with van der Waals surface area (Å²) in [4.78, 5) is 4.80. The van der Waals surface area contributed by atoms with Gasteiger partial charge in [-0.05, 0) is 37.8 Å². The van der Waals surface area contributed by atoms with Crippen LogP contribution in [0.4, 0.5) is 5.82 Å². The molecule has 4 heteroatoms. The van der Waals surface area contributed by atoms with Crippen molar-refractivity contribution < 1.29 is 0 Å². The predicted octanol–water partition coefficient (Wildman–Crippen LogP) is 4.18. The summed E-state index contributed by atoms with van der Waals surface area (Å²) in [5.74, 6) is 1.78. The summed E-state index contributed by atoms with van der Waals surface area (Å²) in [7, 11) is 0. The van der Waals surface area contributed by atoms with Crippen molar-refractivity contribution >= 4 is 22.4 Å². The highest BCUT2D eigenvalue weighted by atomic mass is 15.3. The van der Waals surface area contributed by atoms with Gasteiger partial charge in [0.05, 0.1) is 11.2 Å². The van der Waals surface area contributed by atoms with Gasteiger partial charge < -0.3 is 5.32 Å². The van der Waals surface area contributed by atoms with Gasteiger partial charge in [0.2, 0.25) is 0 Å². The Morgan fingerprint density at radius 2 is 2.00 bits per heavy atom. The van der Waals surface area contributed by atoms with E-state index in [9.17, 15) is 0 Å². The number of benzene rings is 1. The highest BCUT2D eigenvalue weighted by Gasteiger charge is 2.15. The average Bonchev–Trinajstić information content (AvgIpc) is 2.94. The molecule has 3 aromatic rings. The Balaban J connectivity index is 1.71. The molecule has 0 spiro atoms. The van der Waals surface area contributed by atoms with E-state index in [1.165, 1.54) is 32.1 Å². The fourth-order valence-corrected chi connectivity index (χ4v) is 3.54. The summed E-state index contributed by atoms with van der Waals surface area (Å²) in [5.41, 5.74) is 3.04. The maximum atomic E-state index is 4.80. The Kier molecular flexibility index (Phi) is 3.45. The van der Waals surface area contributed by atoms with Crippen molar-refractivity contribution in [2.24, 2.45) is 5.92 Å². The number of nitrogens with one attached hydrogen (secondary N) is 1. The number of hydrogen-bond acceptors (Lipinski definition) is 3. The largest absolute Gasteiger partial charge is 0.369 e. The zero-order chi connectivity index (χ0) is 14.9. The first-order valence-electron chi connectivity index (χ1n) is 8.30. The third-order valence-electron chi connectivity index (χ3n) is 4.71. The van der Waals surface area contributed by atoms with Gasteiger partial charge in [-0.25, -0.2) is 9.50 Å². The second-order valence-electron chi connectivity index (χ2n) is 6.42. The topological polar surface area (TPSA) is 42.2 Å². The van der Waals surface area contributed by atoms with E-state index in [1.54, 1.807) is 0 Å². The van der Waals surface area contributed by atoms with Crippen molar-refractivity contribution in [3.63, 3.8) is 0 Å². The van der Waals surface area contributed by atoms with Crippen LogP contribution in [-0.4, -0.2) is 21.1 Å². The molecular weight excluding hydrogens is 272 g/mol. The Labute approximate surface area is 130 Å². The van der Waals surface area contributed by atoms with Crippen LogP contribution in [0.1, 0.15) is 37.8 Å².